The first kappa shape index (κ1) is 18.9. The summed E-state index contributed by atoms with van der Waals surface area (Å²) in [7, 11) is 1.46. The van der Waals surface area contributed by atoms with Crippen LogP contribution in [0.4, 0.5) is 4.39 Å². The van der Waals surface area contributed by atoms with Gasteiger partial charge in [0.15, 0.2) is 23.9 Å². The third kappa shape index (κ3) is 4.79. The lowest BCUT2D eigenvalue weighted by atomic mass is 10.1. The zero-order valence-electron chi connectivity index (χ0n) is 13.7. The minimum atomic E-state index is -0.683. The number of hydrogen-bond acceptors (Lipinski definition) is 5. The minimum Gasteiger partial charge on any atom is -0.493 e. The second kappa shape index (κ2) is 8.62. The molecular formula is C18H16BrFO5. The van der Waals surface area contributed by atoms with Crippen molar-refractivity contribution in [3.05, 3.63) is 57.8 Å². The van der Waals surface area contributed by atoms with E-state index in [0.717, 1.165) is 0 Å². The number of rotatable bonds is 7. The number of methoxy groups -OCH3 is 1. The van der Waals surface area contributed by atoms with Crippen LogP contribution in [0.1, 0.15) is 27.6 Å². The molecule has 0 atom stereocenters. The molecule has 2 aromatic carbocycles. The van der Waals surface area contributed by atoms with E-state index >= 15 is 0 Å². The van der Waals surface area contributed by atoms with Crippen molar-refractivity contribution >= 4 is 27.7 Å². The lowest BCUT2D eigenvalue weighted by Gasteiger charge is -2.13. The number of hydrogen-bond donors (Lipinski definition) is 0. The van der Waals surface area contributed by atoms with Gasteiger partial charge in [0.2, 0.25) is 0 Å². The van der Waals surface area contributed by atoms with Crippen LogP contribution in [0, 0.1) is 5.82 Å². The van der Waals surface area contributed by atoms with Gasteiger partial charge in [-0.1, -0.05) is 0 Å². The van der Waals surface area contributed by atoms with Crippen molar-refractivity contribution in [2.24, 2.45) is 0 Å². The summed E-state index contributed by atoms with van der Waals surface area (Å²) in [6.45, 7) is 1.82. The Hall–Kier alpha value is -2.41. The highest BCUT2D eigenvalue weighted by Gasteiger charge is 2.17. The molecule has 2 aromatic rings. The molecule has 0 radical (unpaired) electrons. The van der Waals surface area contributed by atoms with E-state index in [1.54, 1.807) is 0 Å². The molecule has 0 saturated carbocycles. The van der Waals surface area contributed by atoms with Crippen molar-refractivity contribution in [2.45, 2.75) is 6.92 Å². The molecule has 25 heavy (non-hydrogen) atoms. The quantitative estimate of drug-likeness (QED) is 0.509. The van der Waals surface area contributed by atoms with Crippen molar-refractivity contribution in [3.8, 4) is 11.5 Å². The lowest BCUT2D eigenvalue weighted by molar-refractivity contribution is 0.0474. The summed E-state index contributed by atoms with van der Waals surface area (Å²) in [5.41, 5.74) is 0.471. The van der Waals surface area contributed by atoms with Crippen molar-refractivity contribution < 1.29 is 28.2 Å². The SMILES string of the molecule is CCOc1c(Br)cc(C(=O)OCC(=O)c2ccc(F)cc2)cc1OC. The van der Waals surface area contributed by atoms with Gasteiger partial charge in [-0.25, -0.2) is 9.18 Å². The van der Waals surface area contributed by atoms with E-state index < -0.39 is 24.2 Å². The zero-order chi connectivity index (χ0) is 18.4. The molecular weight excluding hydrogens is 395 g/mol. The summed E-state index contributed by atoms with van der Waals surface area (Å²) >= 11 is 3.32. The maximum absolute atomic E-state index is 12.9. The van der Waals surface area contributed by atoms with Crippen LogP contribution in [0.3, 0.4) is 0 Å². The van der Waals surface area contributed by atoms with E-state index in [2.05, 4.69) is 15.9 Å². The molecule has 0 amide bonds. The Labute approximate surface area is 152 Å². The molecule has 0 aromatic heterocycles. The van der Waals surface area contributed by atoms with E-state index in [0.29, 0.717) is 22.6 Å². The van der Waals surface area contributed by atoms with Crippen LogP contribution in [0.25, 0.3) is 0 Å². The van der Waals surface area contributed by atoms with Crippen molar-refractivity contribution in [3.63, 3.8) is 0 Å². The van der Waals surface area contributed by atoms with Crippen LogP contribution in [-0.2, 0) is 4.74 Å². The maximum atomic E-state index is 12.9. The van der Waals surface area contributed by atoms with E-state index in [9.17, 15) is 14.0 Å². The second-order valence-corrected chi connectivity index (χ2v) is 5.78. The predicted octanol–water partition coefficient (Wildman–Crippen LogP) is 4.04. The Morgan fingerprint density at radius 2 is 1.80 bits per heavy atom. The van der Waals surface area contributed by atoms with Crippen LogP contribution in [0.2, 0.25) is 0 Å². The molecule has 0 fully saturated rings. The first-order valence-corrected chi connectivity index (χ1v) is 8.21. The van der Waals surface area contributed by atoms with Gasteiger partial charge in [-0.2, -0.15) is 0 Å². The molecule has 5 nitrogen and oxygen atoms in total. The van der Waals surface area contributed by atoms with Crippen LogP contribution in [-0.4, -0.2) is 32.1 Å². The van der Waals surface area contributed by atoms with Crippen LogP contribution < -0.4 is 9.47 Å². The summed E-state index contributed by atoms with van der Waals surface area (Å²) in [6.07, 6.45) is 0. The summed E-state index contributed by atoms with van der Waals surface area (Å²) < 4.78 is 29.1. The summed E-state index contributed by atoms with van der Waals surface area (Å²) in [5.74, 6) is -0.709. The van der Waals surface area contributed by atoms with Crippen LogP contribution in [0.15, 0.2) is 40.9 Å². The summed E-state index contributed by atoms with van der Waals surface area (Å²) in [6, 6.07) is 8.01. The number of ketones is 1. The monoisotopic (exact) mass is 410 g/mol. The molecule has 0 aliphatic heterocycles. The molecule has 7 heteroatoms. The topological polar surface area (TPSA) is 61.8 Å². The summed E-state index contributed by atoms with van der Waals surface area (Å²) in [4.78, 5) is 24.1. The van der Waals surface area contributed by atoms with Gasteiger partial charge in [0.05, 0.1) is 23.8 Å². The average Bonchev–Trinajstić information content (AvgIpc) is 2.61. The molecule has 0 spiro atoms. The van der Waals surface area contributed by atoms with Gasteiger partial charge in [0.25, 0.3) is 0 Å². The van der Waals surface area contributed by atoms with E-state index in [4.69, 9.17) is 14.2 Å². The van der Waals surface area contributed by atoms with Gasteiger partial charge in [-0.05, 0) is 59.3 Å². The molecule has 0 saturated heterocycles. The molecule has 0 N–H and O–H groups in total. The lowest BCUT2D eigenvalue weighted by Crippen LogP contribution is -2.14. The molecule has 0 aliphatic rings. The molecule has 0 aliphatic carbocycles. The fourth-order valence-corrected chi connectivity index (χ4v) is 2.61. The minimum absolute atomic E-state index is 0.207. The molecule has 2 rings (SSSR count). The second-order valence-electron chi connectivity index (χ2n) is 4.93. The van der Waals surface area contributed by atoms with Crippen molar-refractivity contribution in [2.75, 3.05) is 20.3 Å². The van der Waals surface area contributed by atoms with Crippen molar-refractivity contribution in [1.29, 1.82) is 0 Å². The predicted molar refractivity (Wildman–Crippen MR) is 92.9 cm³/mol. The number of halogens is 2. The fourth-order valence-electron chi connectivity index (χ4n) is 2.06. The smallest absolute Gasteiger partial charge is 0.338 e. The van der Waals surface area contributed by atoms with Gasteiger partial charge < -0.3 is 14.2 Å². The number of Topliss-reactive ketones (excluding diaryl/α,β-unsaturated/α-hetero) is 1. The number of carbonyl (C=O) groups excluding carboxylic acids is 2. The molecule has 0 heterocycles. The van der Waals surface area contributed by atoms with Gasteiger partial charge in [-0.15, -0.1) is 0 Å². The van der Waals surface area contributed by atoms with Gasteiger partial charge in [0, 0.05) is 5.56 Å². The van der Waals surface area contributed by atoms with Gasteiger partial charge in [0.1, 0.15) is 5.82 Å². The van der Waals surface area contributed by atoms with E-state index in [1.807, 2.05) is 6.92 Å². The first-order valence-electron chi connectivity index (χ1n) is 7.42. The van der Waals surface area contributed by atoms with E-state index in [-0.39, 0.29) is 11.1 Å². The first-order chi connectivity index (χ1) is 12.0. The summed E-state index contributed by atoms with van der Waals surface area (Å²) in [5, 5.41) is 0. The Balaban J connectivity index is 2.09. The highest BCUT2D eigenvalue weighted by molar-refractivity contribution is 9.10. The largest absolute Gasteiger partial charge is 0.493 e. The number of esters is 1. The number of carbonyl (C=O) groups is 2. The normalized spacial score (nSPS) is 10.2. The standard InChI is InChI=1S/C18H16BrFO5/c1-3-24-17-14(19)8-12(9-16(17)23-2)18(22)25-10-15(21)11-4-6-13(20)7-5-11/h4-9H,3,10H2,1-2H3. The van der Waals surface area contributed by atoms with Crippen LogP contribution in [0.5, 0.6) is 11.5 Å². The Morgan fingerprint density at radius 3 is 2.40 bits per heavy atom. The van der Waals surface area contributed by atoms with Gasteiger partial charge >= 0.3 is 5.97 Å². The third-order valence-corrected chi connectivity index (χ3v) is 3.84. The Bertz CT molecular complexity index is 774. The average molecular weight is 411 g/mol. The van der Waals surface area contributed by atoms with Crippen molar-refractivity contribution in [1.82, 2.24) is 0 Å². The fraction of sp³-hybridized carbons (Fsp3) is 0.222. The Morgan fingerprint density at radius 1 is 1.12 bits per heavy atom. The van der Waals surface area contributed by atoms with E-state index in [1.165, 1.54) is 43.5 Å². The highest BCUT2D eigenvalue weighted by Crippen LogP contribution is 2.36. The molecule has 132 valence electrons. The number of benzene rings is 2. The highest BCUT2D eigenvalue weighted by atomic mass is 79.9. The Kier molecular flexibility index (Phi) is 6.52. The van der Waals surface area contributed by atoms with Crippen LogP contribution >= 0.6 is 15.9 Å². The maximum Gasteiger partial charge on any atom is 0.338 e. The molecule has 0 bridgehead atoms. The van der Waals surface area contributed by atoms with Gasteiger partial charge in [-0.3, -0.25) is 4.79 Å². The zero-order valence-corrected chi connectivity index (χ0v) is 15.3. The molecule has 0 unspecified atom stereocenters. The number of ether oxygens (including phenoxy) is 3. The third-order valence-electron chi connectivity index (χ3n) is 3.25.